The van der Waals surface area contributed by atoms with Crippen molar-refractivity contribution in [3.63, 3.8) is 0 Å². The van der Waals surface area contributed by atoms with Gasteiger partial charge in [0, 0.05) is 19.0 Å². The van der Waals surface area contributed by atoms with Crippen LogP contribution in [0, 0.1) is 0 Å². The van der Waals surface area contributed by atoms with Gasteiger partial charge in [-0.1, -0.05) is 48.5 Å². The van der Waals surface area contributed by atoms with Gasteiger partial charge < -0.3 is 20.1 Å². The number of nitrogens with one attached hydrogen (secondary N) is 1. The molecule has 1 fully saturated rings. The monoisotopic (exact) mass is 440 g/mol. The number of rotatable bonds is 6. The van der Waals surface area contributed by atoms with Gasteiger partial charge in [0.1, 0.15) is 18.8 Å². The first-order valence-electron chi connectivity index (χ1n) is 10.7. The van der Waals surface area contributed by atoms with Gasteiger partial charge in [0.15, 0.2) is 0 Å². The smallest absolute Gasteiger partial charge is 0.407 e. The molecule has 0 bridgehead atoms. The third-order valence-electron chi connectivity index (χ3n) is 6.05. The minimum atomic E-state index is -1.26. The third-order valence-corrected chi connectivity index (χ3v) is 6.05. The average Bonchev–Trinajstić information content (AvgIpc) is 3.11. The summed E-state index contributed by atoms with van der Waals surface area (Å²) in [5.74, 6) is -1.90. The molecule has 7 nitrogen and oxygen atoms in total. The maximum absolute atomic E-state index is 13.4. The van der Waals surface area contributed by atoms with Crippen molar-refractivity contribution in [3.05, 3.63) is 59.7 Å². The molecule has 1 heterocycles. The highest BCUT2D eigenvalue weighted by Crippen LogP contribution is 2.44. The highest BCUT2D eigenvalue weighted by molar-refractivity contribution is 5.89. The largest absolute Gasteiger partial charge is 0.481 e. The molecule has 1 aliphatic heterocycles. The molecule has 168 valence electrons. The molecule has 4 rings (SSSR count). The quantitative estimate of drug-likeness (QED) is 0.718. The second kappa shape index (κ2) is 9.38. The first-order chi connectivity index (χ1) is 15.4. The molecule has 1 aliphatic carbocycles. The van der Waals surface area contributed by atoms with E-state index in [0.717, 1.165) is 22.3 Å². The molecule has 2 aromatic carbocycles. The van der Waals surface area contributed by atoms with Crippen LogP contribution in [-0.4, -0.2) is 59.9 Å². The number of nitrogens with zero attached hydrogens (tertiary/aromatic N) is 1. The van der Waals surface area contributed by atoms with E-state index in [2.05, 4.69) is 5.32 Å². The van der Waals surface area contributed by atoms with Crippen molar-refractivity contribution < 1.29 is 28.6 Å². The first kappa shape index (κ1) is 21.8. The molecule has 0 spiro atoms. The van der Waals surface area contributed by atoms with Crippen LogP contribution in [0.1, 0.15) is 36.3 Å². The number of hydrogen-bond acceptors (Lipinski definition) is 4. The van der Waals surface area contributed by atoms with Crippen molar-refractivity contribution in [1.29, 1.82) is 0 Å². The van der Waals surface area contributed by atoms with Crippen LogP contribution in [-0.2, 0) is 14.3 Å². The minimum absolute atomic E-state index is 0.0566. The highest BCUT2D eigenvalue weighted by atomic mass is 19.1. The van der Waals surface area contributed by atoms with E-state index in [1.54, 1.807) is 0 Å². The van der Waals surface area contributed by atoms with Crippen LogP contribution in [0.15, 0.2) is 48.5 Å². The van der Waals surface area contributed by atoms with E-state index >= 15 is 0 Å². The van der Waals surface area contributed by atoms with E-state index < -0.39 is 36.6 Å². The van der Waals surface area contributed by atoms with Crippen LogP contribution >= 0.6 is 0 Å². The van der Waals surface area contributed by atoms with Crippen molar-refractivity contribution in [2.24, 2.45) is 0 Å². The number of aliphatic carboxylic acids is 1. The molecular formula is C24H25FN2O5. The number of fused-ring (bicyclic) bond motifs is 3. The van der Waals surface area contributed by atoms with Crippen molar-refractivity contribution in [2.45, 2.75) is 37.4 Å². The van der Waals surface area contributed by atoms with E-state index in [9.17, 15) is 23.9 Å². The Bertz CT molecular complexity index is 973. The van der Waals surface area contributed by atoms with Crippen molar-refractivity contribution in [1.82, 2.24) is 10.2 Å². The fourth-order valence-corrected chi connectivity index (χ4v) is 4.45. The van der Waals surface area contributed by atoms with Gasteiger partial charge in [-0.15, -0.1) is 0 Å². The topological polar surface area (TPSA) is 95.9 Å². The van der Waals surface area contributed by atoms with Crippen molar-refractivity contribution in [2.75, 3.05) is 19.7 Å². The first-order valence-corrected chi connectivity index (χ1v) is 10.7. The number of likely N-dealkylation sites (tertiary alicyclic amines) is 1. The van der Waals surface area contributed by atoms with E-state index in [1.807, 2.05) is 48.5 Å². The lowest BCUT2D eigenvalue weighted by atomic mass is 9.98. The van der Waals surface area contributed by atoms with Crippen LogP contribution in [0.25, 0.3) is 11.1 Å². The van der Waals surface area contributed by atoms with Gasteiger partial charge >= 0.3 is 12.1 Å². The zero-order chi connectivity index (χ0) is 22.7. The van der Waals surface area contributed by atoms with Gasteiger partial charge in [-0.05, 0) is 35.1 Å². The summed E-state index contributed by atoms with van der Waals surface area (Å²) in [5.41, 5.74) is 4.28. The Labute approximate surface area is 185 Å². The predicted molar refractivity (Wildman–Crippen MR) is 115 cm³/mol. The lowest BCUT2D eigenvalue weighted by molar-refractivity contribution is -0.143. The Morgan fingerprint density at radius 1 is 1.03 bits per heavy atom. The van der Waals surface area contributed by atoms with Crippen LogP contribution in [0.5, 0.6) is 0 Å². The van der Waals surface area contributed by atoms with Gasteiger partial charge in [-0.3, -0.25) is 9.59 Å². The maximum atomic E-state index is 13.4. The molecule has 1 unspecified atom stereocenters. The van der Waals surface area contributed by atoms with E-state index in [4.69, 9.17) is 4.74 Å². The Morgan fingerprint density at radius 2 is 1.59 bits per heavy atom. The second-order valence-electron chi connectivity index (χ2n) is 8.12. The normalized spacial score (nSPS) is 16.7. The number of ether oxygens (including phenoxy) is 1. The van der Waals surface area contributed by atoms with Crippen molar-refractivity contribution >= 4 is 18.0 Å². The van der Waals surface area contributed by atoms with Crippen LogP contribution in [0.3, 0.4) is 0 Å². The molecule has 0 radical (unpaired) electrons. The Kier molecular flexibility index (Phi) is 6.39. The number of carbonyl (C=O) groups is 3. The zero-order valence-electron chi connectivity index (χ0n) is 17.5. The molecule has 2 amide bonds. The fourth-order valence-electron chi connectivity index (χ4n) is 4.45. The van der Waals surface area contributed by atoms with Crippen LogP contribution in [0.4, 0.5) is 9.18 Å². The van der Waals surface area contributed by atoms with Gasteiger partial charge in [0.25, 0.3) is 0 Å². The summed E-state index contributed by atoms with van der Waals surface area (Å²) in [4.78, 5) is 37.9. The number of halogens is 1. The van der Waals surface area contributed by atoms with Gasteiger partial charge in [0.2, 0.25) is 5.91 Å². The number of carbonyl (C=O) groups excluding carboxylic acids is 2. The summed E-state index contributed by atoms with van der Waals surface area (Å²) in [6.07, 6.45) is -1.98. The number of carboxylic acids is 1. The molecule has 2 aromatic rings. The van der Waals surface area contributed by atoms with Crippen molar-refractivity contribution in [3.8, 4) is 11.1 Å². The zero-order valence-corrected chi connectivity index (χ0v) is 17.5. The molecule has 0 saturated carbocycles. The molecule has 2 N–H and O–H groups in total. The summed E-state index contributed by atoms with van der Waals surface area (Å²) < 4.78 is 18.8. The summed E-state index contributed by atoms with van der Waals surface area (Å²) in [6, 6.07) is 14.5. The summed E-state index contributed by atoms with van der Waals surface area (Å²) in [5, 5.41) is 11.6. The number of benzene rings is 2. The number of hydrogen-bond donors (Lipinski definition) is 2. The standard InChI is InChI=1S/C24H25FN2O5/c25-15-9-11-27(12-10-15)23(30)21(13-22(28)29)26-24(31)32-14-20-18-7-3-1-5-16(18)17-6-2-4-8-19(17)20/h1-8,15,20-21H,9-14H2,(H,26,31)(H,28,29). The maximum Gasteiger partial charge on any atom is 0.407 e. The minimum Gasteiger partial charge on any atom is -0.481 e. The Morgan fingerprint density at radius 3 is 2.16 bits per heavy atom. The van der Waals surface area contributed by atoms with Crippen LogP contribution < -0.4 is 5.32 Å². The number of alkyl carbamates (subject to hydrolysis) is 1. The number of alkyl halides is 1. The lowest BCUT2D eigenvalue weighted by Gasteiger charge is -2.31. The second-order valence-corrected chi connectivity index (χ2v) is 8.12. The summed E-state index contributed by atoms with van der Waals surface area (Å²) in [7, 11) is 0. The molecule has 1 atom stereocenters. The van der Waals surface area contributed by atoms with Gasteiger partial charge in [-0.25, -0.2) is 9.18 Å². The molecule has 2 aliphatic rings. The Balaban J connectivity index is 1.42. The van der Waals surface area contributed by atoms with Crippen LogP contribution in [0.2, 0.25) is 0 Å². The summed E-state index contributed by atoms with van der Waals surface area (Å²) >= 11 is 0. The molecule has 8 heteroatoms. The Hall–Kier alpha value is -3.42. The molecule has 1 saturated heterocycles. The van der Waals surface area contributed by atoms with E-state index in [1.165, 1.54) is 4.90 Å². The number of amides is 2. The number of piperidine rings is 1. The van der Waals surface area contributed by atoms with Gasteiger partial charge in [0.05, 0.1) is 6.42 Å². The van der Waals surface area contributed by atoms with E-state index in [-0.39, 0.29) is 38.5 Å². The van der Waals surface area contributed by atoms with E-state index in [0.29, 0.717) is 0 Å². The molecule has 32 heavy (non-hydrogen) atoms. The summed E-state index contributed by atoms with van der Waals surface area (Å²) in [6.45, 7) is 0.450. The lowest BCUT2D eigenvalue weighted by Crippen LogP contribution is -2.51. The third kappa shape index (κ3) is 4.59. The predicted octanol–water partition coefficient (Wildman–Crippen LogP) is 3.33. The fraction of sp³-hybridized carbons (Fsp3) is 0.375. The van der Waals surface area contributed by atoms with Gasteiger partial charge in [-0.2, -0.15) is 0 Å². The SMILES string of the molecule is O=C(O)CC(NC(=O)OCC1c2ccccc2-c2ccccc21)C(=O)N1CCC(F)CC1. The molecule has 0 aromatic heterocycles. The number of carboxylic acid groups (broad SMARTS) is 1. The molecular weight excluding hydrogens is 415 g/mol. The average molecular weight is 440 g/mol. The highest BCUT2D eigenvalue weighted by Gasteiger charge is 2.33.